The first-order valence-corrected chi connectivity index (χ1v) is 13.1. The Morgan fingerprint density at radius 1 is 0.512 bits per heavy atom. The summed E-state index contributed by atoms with van der Waals surface area (Å²) in [5, 5.41) is 0. The van der Waals surface area contributed by atoms with Crippen LogP contribution >= 0.6 is 0 Å². The molecule has 0 amide bonds. The summed E-state index contributed by atoms with van der Waals surface area (Å²) < 4.78 is 22.8. The van der Waals surface area contributed by atoms with E-state index >= 15 is 0 Å². The van der Waals surface area contributed by atoms with Gasteiger partial charge in [0.15, 0.2) is 11.5 Å². The normalized spacial score (nSPS) is 10.5. The van der Waals surface area contributed by atoms with Gasteiger partial charge in [0, 0.05) is 0 Å². The van der Waals surface area contributed by atoms with Crippen LogP contribution in [0.5, 0.6) is 23.0 Å². The summed E-state index contributed by atoms with van der Waals surface area (Å²) in [6, 6.07) is 38.0. The van der Waals surface area contributed by atoms with Crippen LogP contribution < -0.4 is 18.9 Å². The Morgan fingerprint density at radius 3 is 1.41 bits per heavy atom. The number of carbonyl (C=O) groups excluding carboxylic acids is 2. The van der Waals surface area contributed by atoms with Crippen LogP contribution in [0.1, 0.15) is 37.4 Å². The number of aryl methyl sites for hydroxylation is 1. The number of hydrogen-bond donors (Lipinski definition) is 0. The first kappa shape index (κ1) is 27.2. The maximum absolute atomic E-state index is 12.9. The molecule has 0 atom stereocenters. The molecule has 0 unspecified atom stereocenters. The highest BCUT2D eigenvalue weighted by atomic mass is 16.6. The van der Waals surface area contributed by atoms with Crippen molar-refractivity contribution in [2.75, 3.05) is 0 Å². The van der Waals surface area contributed by atoms with E-state index in [4.69, 9.17) is 18.9 Å². The average molecular weight is 545 g/mol. The zero-order valence-corrected chi connectivity index (χ0v) is 22.5. The molecule has 41 heavy (non-hydrogen) atoms. The van der Waals surface area contributed by atoms with Crippen molar-refractivity contribution in [2.24, 2.45) is 0 Å². The quantitative estimate of drug-likeness (QED) is 0.133. The zero-order chi connectivity index (χ0) is 28.4. The minimum atomic E-state index is -0.583. The third-order valence-electron chi connectivity index (χ3n) is 6.18. The molecular weight excluding hydrogens is 516 g/mol. The van der Waals surface area contributed by atoms with Crippen LogP contribution in [-0.4, -0.2) is 11.9 Å². The molecule has 0 N–H and O–H groups in total. The molecule has 0 aromatic heterocycles. The molecule has 6 heteroatoms. The third kappa shape index (κ3) is 7.61. The van der Waals surface area contributed by atoms with Gasteiger partial charge in [-0.15, -0.1) is 0 Å². The van der Waals surface area contributed by atoms with E-state index < -0.39 is 11.9 Å². The van der Waals surface area contributed by atoms with E-state index in [-0.39, 0.29) is 11.5 Å². The SMILES string of the molecule is Cc1ccc(OC(=O)c2ccc(OCc3ccccc3)cc2)c(OC(=O)c2ccc(OCc3ccccc3)cc2)c1. The molecule has 0 spiro atoms. The van der Waals surface area contributed by atoms with Gasteiger partial charge in [0.05, 0.1) is 11.1 Å². The summed E-state index contributed by atoms with van der Waals surface area (Å²) in [5.74, 6) is 0.388. The van der Waals surface area contributed by atoms with Gasteiger partial charge >= 0.3 is 11.9 Å². The highest BCUT2D eigenvalue weighted by Gasteiger charge is 2.17. The van der Waals surface area contributed by atoms with Gasteiger partial charge in [0.2, 0.25) is 0 Å². The van der Waals surface area contributed by atoms with Crippen molar-refractivity contribution in [3.63, 3.8) is 0 Å². The van der Waals surface area contributed by atoms with Crippen LogP contribution in [0.4, 0.5) is 0 Å². The minimum absolute atomic E-state index is 0.140. The van der Waals surface area contributed by atoms with E-state index in [0.29, 0.717) is 35.8 Å². The van der Waals surface area contributed by atoms with Crippen LogP contribution in [0.3, 0.4) is 0 Å². The lowest BCUT2D eigenvalue weighted by molar-refractivity contribution is 0.0682. The molecule has 0 fully saturated rings. The third-order valence-corrected chi connectivity index (χ3v) is 6.18. The molecule has 0 aliphatic rings. The zero-order valence-electron chi connectivity index (χ0n) is 22.5. The number of benzene rings is 5. The van der Waals surface area contributed by atoms with E-state index in [1.165, 1.54) is 0 Å². The molecule has 0 radical (unpaired) electrons. The van der Waals surface area contributed by atoms with E-state index in [9.17, 15) is 9.59 Å². The summed E-state index contributed by atoms with van der Waals surface area (Å²) in [5.41, 5.74) is 3.61. The van der Waals surface area contributed by atoms with Gasteiger partial charge in [-0.05, 0) is 84.3 Å². The second kappa shape index (κ2) is 13.1. The number of rotatable bonds is 10. The predicted molar refractivity (Wildman–Crippen MR) is 156 cm³/mol. The molecule has 0 bridgehead atoms. The Morgan fingerprint density at radius 2 is 0.951 bits per heavy atom. The highest BCUT2D eigenvalue weighted by molar-refractivity contribution is 5.93. The summed E-state index contributed by atoms with van der Waals surface area (Å²) in [6.45, 7) is 2.70. The molecular formula is C35H28O6. The van der Waals surface area contributed by atoms with Crippen LogP contribution in [0.2, 0.25) is 0 Å². The Balaban J connectivity index is 1.20. The first-order chi connectivity index (χ1) is 20.0. The van der Waals surface area contributed by atoms with Gasteiger partial charge in [0.25, 0.3) is 0 Å². The first-order valence-electron chi connectivity index (χ1n) is 13.1. The van der Waals surface area contributed by atoms with Crippen LogP contribution in [0.25, 0.3) is 0 Å². The fraction of sp³-hybridized carbons (Fsp3) is 0.0857. The molecule has 5 aromatic rings. The van der Waals surface area contributed by atoms with Crippen molar-refractivity contribution < 1.29 is 28.5 Å². The van der Waals surface area contributed by atoms with Gasteiger partial charge < -0.3 is 18.9 Å². The van der Waals surface area contributed by atoms with Crippen molar-refractivity contribution in [2.45, 2.75) is 20.1 Å². The number of hydrogen-bond acceptors (Lipinski definition) is 6. The van der Waals surface area contributed by atoms with E-state index in [1.807, 2.05) is 67.6 Å². The fourth-order valence-electron chi connectivity index (χ4n) is 3.95. The Labute approximate surface area is 238 Å². The van der Waals surface area contributed by atoms with Gasteiger partial charge in [-0.2, -0.15) is 0 Å². The second-order valence-electron chi connectivity index (χ2n) is 9.33. The minimum Gasteiger partial charge on any atom is -0.489 e. The van der Waals surface area contributed by atoms with Crippen LogP contribution in [-0.2, 0) is 13.2 Å². The number of carbonyl (C=O) groups is 2. The largest absolute Gasteiger partial charge is 0.489 e. The van der Waals surface area contributed by atoms with E-state index in [1.54, 1.807) is 66.7 Å². The topological polar surface area (TPSA) is 71.1 Å². The average Bonchev–Trinajstić information content (AvgIpc) is 3.02. The standard InChI is InChI=1S/C35H28O6/c1-25-12-21-32(40-34(36)28-13-17-30(18-14-28)38-23-26-8-4-2-5-9-26)33(22-25)41-35(37)29-15-19-31(20-16-29)39-24-27-10-6-3-7-11-27/h2-22H,23-24H2,1H3. The summed E-state index contributed by atoms with van der Waals surface area (Å²) >= 11 is 0. The lowest BCUT2D eigenvalue weighted by Gasteiger charge is -2.12. The highest BCUT2D eigenvalue weighted by Crippen LogP contribution is 2.30. The predicted octanol–water partition coefficient (Wildman–Crippen LogP) is 7.59. The van der Waals surface area contributed by atoms with E-state index in [2.05, 4.69) is 0 Å². The Bertz CT molecular complexity index is 1600. The van der Waals surface area contributed by atoms with Crippen LogP contribution in [0.15, 0.2) is 127 Å². The number of ether oxygens (including phenoxy) is 4. The van der Waals surface area contributed by atoms with Crippen molar-refractivity contribution in [1.29, 1.82) is 0 Å². The van der Waals surface area contributed by atoms with Crippen molar-refractivity contribution in [1.82, 2.24) is 0 Å². The summed E-state index contributed by atoms with van der Waals surface area (Å²) in [6.07, 6.45) is 0. The molecule has 5 rings (SSSR count). The molecule has 0 aliphatic carbocycles. The molecule has 6 nitrogen and oxygen atoms in total. The second-order valence-corrected chi connectivity index (χ2v) is 9.33. The van der Waals surface area contributed by atoms with Crippen molar-refractivity contribution >= 4 is 11.9 Å². The molecule has 5 aromatic carbocycles. The van der Waals surface area contributed by atoms with Crippen LogP contribution in [0, 0.1) is 6.92 Å². The van der Waals surface area contributed by atoms with Gasteiger partial charge in [-0.25, -0.2) is 9.59 Å². The van der Waals surface area contributed by atoms with Crippen molar-refractivity contribution in [3.05, 3.63) is 155 Å². The van der Waals surface area contributed by atoms with E-state index in [0.717, 1.165) is 16.7 Å². The summed E-state index contributed by atoms with van der Waals surface area (Å²) in [4.78, 5) is 25.8. The maximum Gasteiger partial charge on any atom is 0.343 e. The Hall–Kier alpha value is -5.36. The Kier molecular flexibility index (Phi) is 8.72. The van der Waals surface area contributed by atoms with Gasteiger partial charge in [-0.3, -0.25) is 0 Å². The molecule has 204 valence electrons. The van der Waals surface area contributed by atoms with Gasteiger partial charge in [-0.1, -0.05) is 66.7 Å². The lowest BCUT2D eigenvalue weighted by Crippen LogP contribution is -2.13. The maximum atomic E-state index is 12.9. The molecule has 0 saturated heterocycles. The smallest absolute Gasteiger partial charge is 0.343 e. The molecule has 0 aliphatic heterocycles. The van der Waals surface area contributed by atoms with Gasteiger partial charge in [0.1, 0.15) is 24.7 Å². The fourth-order valence-corrected chi connectivity index (χ4v) is 3.95. The molecule has 0 heterocycles. The monoisotopic (exact) mass is 544 g/mol. The van der Waals surface area contributed by atoms with Crippen molar-refractivity contribution in [3.8, 4) is 23.0 Å². The lowest BCUT2D eigenvalue weighted by atomic mass is 10.2. The summed E-state index contributed by atoms with van der Waals surface area (Å²) in [7, 11) is 0. The number of esters is 2. The molecule has 0 saturated carbocycles.